The van der Waals surface area contributed by atoms with Gasteiger partial charge in [-0.25, -0.2) is 0 Å². The van der Waals surface area contributed by atoms with Crippen molar-refractivity contribution in [3.63, 3.8) is 0 Å². The number of hydrogen-bond donors (Lipinski definition) is 0. The van der Waals surface area contributed by atoms with E-state index in [2.05, 4.69) is 121 Å². The first-order chi connectivity index (χ1) is 16.8. The number of benzene rings is 4. The quantitative estimate of drug-likeness (QED) is 0.122. The molecule has 0 bridgehead atoms. The summed E-state index contributed by atoms with van der Waals surface area (Å²) in [7, 11) is -0.434. The zero-order valence-corrected chi connectivity index (χ0v) is 25.5. The van der Waals surface area contributed by atoms with E-state index in [1.807, 2.05) is 0 Å². The van der Waals surface area contributed by atoms with Crippen LogP contribution >= 0.6 is 40.7 Å². The fourth-order valence-corrected chi connectivity index (χ4v) is 9.19. The third-order valence-corrected chi connectivity index (χ3v) is 11.2. The van der Waals surface area contributed by atoms with Gasteiger partial charge in [0.15, 0.2) is 0 Å². The molecule has 0 aliphatic carbocycles. The van der Waals surface area contributed by atoms with Crippen LogP contribution in [0.4, 0.5) is 0 Å². The Morgan fingerprint density at radius 2 is 0.611 bits per heavy atom. The maximum atomic E-state index is 4.80. The Bertz CT molecular complexity index is 874. The molecule has 0 unspecified atom stereocenters. The molecule has 0 saturated carbocycles. The summed E-state index contributed by atoms with van der Waals surface area (Å²) in [5.74, 6) is 0. The molecule has 0 spiro atoms. The predicted molar refractivity (Wildman–Crippen MR) is 161 cm³/mol. The van der Waals surface area contributed by atoms with E-state index in [1.54, 1.807) is 0 Å². The van der Waals surface area contributed by atoms with Crippen LogP contribution in [-0.4, -0.2) is 12.3 Å². The van der Waals surface area contributed by atoms with Crippen molar-refractivity contribution >= 4 is 61.9 Å². The standard InChI is InChI=1S/2C15H16P.2ClH.2Ni/c2*1-2-13-16(14-9-5-3-6-10-14)15-11-7-4-8-12-15;;;;/h2*3-12H,1-2,13H2;2*1H;;. The molecule has 0 aliphatic rings. The predicted octanol–water partition coefficient (Wildman–Crippen LogP) is 7.79. The molecule has 0 N–H and O–H groups in total. The molecule has 0 amide bonds. The van der Waals surface area contributed by atoms with Crippen molar-refractivity contribution in [2.75, 3.05) is 12.3 Å². The van der Waals surface area contributed by atoms with E-state index in [4.69, 9.17) is 30.9 Å². The van der Waals surface area contributed by atoms with Crippen LogP contribution in [0.2, 0.25) is 10.8 Å². The molecular weight excluding hydrogens is 611 g/mol. The maximum absolute atomic E-state index is 4.80. The average Bonchev–Trinajstić information content (AvgIpc) is 2.92. The molecule has 4 aromatic rings. The molecule has 6 heteroatoms. The molecule has 0 radical (unpaired) electrons. The van der Waals surface area contributed by atoms with E-state index in [9.17, 15) is 0 Å². The van der Waals surface area contributed by atoms with Crippen LogP contribution in [0, 0.1) is 0 Å². The molecule has 4 aromatic carbocycles. The van der Waals surface area contributed by atoms with Gasteiger partial charge in [-0.05, 0) is 0 Å². The Balaban J connectivity index is 0.000000341. The van der Waals surface area contributed by atoms with E-state index < -0.39 is 0 Å². The first-order valence-electron chi connectivity index (χ1n) is 11.6. The minimum atomic E-state index is -0.217. The van der Waals surface area contributed by atoms with Gasteiger partial charge in [0.25, 0.3) is 0 Å². The van der Waals surface area contributed by atoms with Gasteiger partial charge in [-0.15, -0.1) is 24.8 Å². The van der Waals surface area contributed by atoms with Crippen LogP contribution in [0.25, 0.3) is 0 Å². The second kappa shape index (κ2) is 20.3. The molecule has 0 heterocycles. The van der Waals surface area contributed by atoms with Gasteiger partial charge in [-0.2, -0.15) is 0 Å². The summed E-state index contributed by atoms with van der Waals surface area (Å²) in [4.78, 5) is 0. The van der Waals surface area contributed by atoms with Gasteiger partial charge in [0, 0.05) is 0 Å². The zero-order chi connectivity index (χ0) is 23.8. The summed E-state index contributed by atoms with van der Waals surface area (Å²) in [6, 6.07) is 43.3. The van der Waals surface area contributed by atoms with E-state index in [-0.39, 0.29) is 40.7 Å². The van der Waals surface area contributed by atoms with Crippen molar-refractivity contribution in [3.05, 3.63) is 121 Å². The van der Waals surface area contributed by atoms with Gasteiger partial charge in [-0.3, -0.25) is 0 Å². The summed E-state index contributed by atoms with van der Waals surface area (Å²) in [5, 5.41) is 7.64. The van der Waals surface area contributed by atoms with Gasteiger partial charge in [0.05, 0.1) is 0 Å². The molecule has 198 valence electrons. The normalized spacial score (nSPS) is 10.2. The third kappa shape index (κ3) is 11.4. The van der Waals surface area contributed by atoms with Crippen molar-refractivity contribution in [2.45, 2.75) is 23.6 Å². The molecule has 0 saturated heterocycles. The molecule has 0 aromatic heterocycles. The summed E-state index contributed by atoms with van der Waals surface area (Å²) < 4.78 is 0. The fraction of sp³-hybridized carbons (Fsp3) is 0.200. The van der Waals surface area contributed by atoms with Gasteiger partial charge < -0.3 is 0 Å². The molecule has 0 nitrogen and oxygen atoms in total. The first kappa shape index (κ1) is 33.3. The third-order valence-electron chi connectivity index (χ3n) is 5.26. The number of rotatable bonds is 10. The number of halogens is 2. The van der Waals surface area contributed by atoms with Crippen LogP contribution in [0.15, 0.2) is 121 Å². The molecule has 0 atom stereocenters. The Labute approximate surface area is 248 Å². The van der Waals surface area contributed by atoms with E-state index >= 15 is 0 Å². The zero-order valence-electron chi connectivity index (χ0n) is 20.1. The second-order valence-electron chi connectivity index (χ2n) is 7.67. The monoisotopic (exact) mass is 642 g/mol. The molecule has 0 fully saturated rings. The Morgan fingerprint density at radius 1 is 0.389 bits per heavy atom. The van der Waals surface area contributed by atoms with Crippen molar-refractivity contribution in [3.8, 4) is 0 Å². The van der Waals surface area contributed by atoms with Gasteiger partial charge in [0.1, 0.15) is 0 Å². The van der Waals surface area contributed by atoms with Crippen LogP contribution in [0.5, 0.6) is 0 Å². The Morgan fingerprint density at radius 3 is 0.806 bits per heavy atom. The van der Waals surface area contributed by atoms with Crippen molar-refractivity contribution < 1.29 is 30.9 Å². The summed E-state index contributed by atoms with van der Waals surface area (Å²) in [5.41, 5.74) is 0. The van der Waals surface area contributed by atoms with Crippen LogP contribution < -0.4 is 21.2 Å². The average molecular weight is 645 g/mol. The van der Waals surface area contributed by atoms with Gasteiger partial charge >= 0.3 is 225 Å². The Kier molecular flexibility index (Phi) is 18.8. The SMILES string of the molecule is Cl.Cl.[Ni][CH2]CCP(c1ccccc1)c1ccccc1.[Ni][CH2]CCP(c1ccccc1)c1ccccc1. The minimum absolute atomic E-state index is 0. The van der Waals surface area contributed by atoms with Gasteiger partial charge in [-0.1, -0.05) is 0 Å². The van der Waals surface area contributed by atoms with Crippen molar-refractivity contribution in [2.24, 2.45) is 0 Å². The molecule has 4 rings (SSSR count). The van der Waals surface area contributed by atoms with Crippen LogP contribution in [-0.2, 0) is 30.9 Å². The molecule has 0 aliphatic heterocycles. The first-order valence-corrected chi connectivity index (χ1v) is 16.1. The molecular formula is C30H34Cl2Ni2P2. The van der Waals surface area contributed by atoms with E-state index in [1.165, 1.54) is 33.5 Å². The number of hydrogen-bond acceptors (Lipinski definition) is 0. The second-order valence-corrected chi connectivity index (χ2v) is 13.3. The van der Waals surface area contributed by atoms with Crippen LogP contribution in [0.1, 0.15) is 12.8 Å². The fourth-order valence-electron chi connectivity index (χ4n) is 3.66. The van der Waals surface area contributed by atoms with Crippen molar-refractivity contribution in [1.29, 1.82) is 0 Å². The van der Waals surface area contributed by atoms with E-state index in [0.717, 1.165) is 23.6 Å². The molecule has 36 heavy (non-hydrogen) atoms. The summed E-state index contributed by atoms with van der Waals surface area (Å²) in [6.07, 6.45) is 4.72. The summed E-state index contributed by atoms with van der Waals surface area (Å²) >= 11 is 9.60. The van der Waals surface area contributed by atoms with E-state index in [0.29, 0.717) is 0 Å². The van der Waals surface area contributed by atoms with Gasteiger partial charge in [0.2, 0.25) is 0 Å². The van der Waals surface area contributed by atoms with Crippen molar-refractivity contribution in [1.82, 2.24) is 0 Å². The summed E-state index contributed by atoms with van der Waals surface area (Å²) in [6.45, 7) is 0. The van der Waals surface area contributed by atoms with Crippen LogP contribution in [0.3, 0.4) is 0 Å². The topological polar surface area (TPSA) is 0 Å². The Hall–Kier alpha value is -0.693.